The van der Waals surface area contributed by atoms with Crippen LogP contribution in [-0.4, -0.2) is 15.6 Å². The van der Waals surface area contributed by atoms with Crippen LogP contribution in [0.1, 0.15) is 15.9 Å². The number of nitrogens with zero attached hydrogens (tertiary/aromatic N) is 2. The van der Waals surface area contributed by atoms with E-state index in [1.165, 1.54) is 0 Å². The predicted octanol–water partition coefficient (Wildman–Crippen LogP) is 6.79. The number of furan rings is 1. The van der Waals surface area contributed by atoms with Crippen molar-refractivity contribution in [2.45, 2.75) is 0 Å². The van der Waals surface area contributed by atoms with Crippen LogP contribution in [0.15, 0.2) is 112 Å². The number of carbonyl (C=O) groups is 1. The van der Waals surface area contributed by atoms with Crippen molar-refractivity contribution in [2.75, 3.05) is 0 Å². The number of rotatable bonds is 5. The number of halogens is 1. The molecule has 0 atom stereocenters. The van der Waals surface area contributed by atoms with Crippen molar-refractivity contribution in [3.63, 3.8) is 0 Å². The third-order valence-corrected chi connectivity index (χ3v) is 5.55. The first-order valence-electron chi connectivity index (χ1n) is 9.80. The van der Waals surface area contributed by atoms with Crippen LogP contribution in [0.5, 0.6) is 0 Å². The Morgan fingerprint density at radius 3 is 2.06 bits per heavy atom. The zero-order valence-electron chi connectivity index (χ0n) is 16.4. The first-order chi connectivity index (χ1) is 15.2. The maximum atomic E-state index is 13.7. The minimum Gasteiger partial charge on any atom is -0.453 e. The average molecular weight is 469 g/mol. The Balaban J connectivity index is 1.84. The van der Waals surface area contributed by atoms with E-state index in [2.05, 4.69) is 21.0 Å². The molecule has 5 heteroatoms. The van der Waals surface area contributed by atoms with Crippen LogP contribution in [0.4, 0.5) is 0 Å². The summed E-state index contributed by atoms with van der Waals surface area (Å²) in [5.74, 6) is 1.00. The van der Waals surface area contributed by atoms with E-state index in [4.69, 9.17) is 4.42 Å². The Labute approximate surface area is 187 Å². The highest BCUT2D eigenvalue weighted by molar-refractivity contribution is 9.10. The van der Waals surface area contributed by atoms with Crippen molar-refractivity contribution < 1.29 is 9.21 Å². The molecule has 0 amide bonds. The summed E-state index contributed by atoms with van der Waals surface area (Å²) in [4.78, 5) is 13.7. The molecule has 0 unspecified atom stereocenters. The van der Waals surface area contributed by atoms with Gasteiger partial charge < -0.3 is 4.42 Å². The fraction of sp³-hybridized carbons (Fsp3) is 0. The second kappa shape index (κ2) is 8.20. The maximum Gasteiger partial charge on any atom is 0.199 e. The lowest BCUT2D eigenvalue weighted by Gasteiger charge is -2.07. The van der Waals surface area contributed by atoms with Gasteiger partial charge in [-0.25, -0.2) is 4.68 Å². The van der Waals surface area contributed by atoms with Crippen LogP contribution in [0.2, 0.25) is 0 Å². The van der Waals surface area contributed by atoms with Crippen LogP contribution in [0.25, 0.3) is 28.3 Å². The van der Waals surface area contributed by atoms with E-state index in [1.807, 2.05) is 97.2 Å². The van der Waals surface area contributed by atoms with Gasteiger partial charge in [-0.05, 0) is 18.2 Å². The average Bonchev–Trinajstić information content (AvgIpc) is 3.48. The zero-order chi connectivity index (χ0) is 21.2. The molecule has 4 nitrogen and oxygen atoms in total. The Morgan fingerprint density at radius 2 is 1.42 bits per heavy atom. The Hall–Kier alpha value is -3.70. The van der Waals surface area contributed by atoms with E-state index in [0.717, 1.165) is 15.6 Å². The number of benzene rings is 3. The fourth-order valence-corrected chi connectivity index (χ4v) is 3.84. The highest BCUT2D eigenvalue weighted by Crippen LogP contribution is 2.40. The minimum atomic E-state index is -0.114. The Morgan fingerprint density at radius 1 is 0.774 bits per heavy atom. The molecule has 0 N–H and O–H groups in total. The van der Waals surface area contributed by atoms with Gasteiger partial charge >= 0.3 is 0 Å². The number of aromatic nitrogens is 2. The van der Waals surface area contributed by atoms with Crippen molar-refractivity contribution in [3.05, 3.63) is 119 Å². The highest BCUT2D eigenvalue weighted by Gasteiger charge is 2.29. The predicted molar refractivity (Wildman–Crippen MR) is 124 cm³/mol. The molecule has 2 heterocycles. The summed E-state index contributed by atoms with van der Waals surface area (Å²) in [6, 6.07) is 28.6. The van der Waals surface area contributed by atoms with E-state index in [0.29, 0.717) is 28.3 Å². The molecule has 2 aromatic heterocycles. The van der Waals surface area contributed by atoms with E-state index in [-0.39, 0.29) is 5.78 Å². The van der Waals surface area contributed by atoms with Gasteiger partial charge in [-0.1, -0.05) is 88.7 Å². The summed E-state index contributed by atoms with van der Waals surface area (Å²) in [7, 11) is 0. The molecular formula is C26H17BrN2O2. The molecule has 0 aliphatic rings. The van der Waals surface area contributed by atoms with Crippen molar-refractivity contribution in [1.82, 2.24) is 9.78 Å². The molecule has 0 fully saturated rings. The molecule has 31 heavy (non-hydrogen) atoms. The Bertz CT molecular complexity index is 1320. The smallest absolute Gasteiger partial charge is 0.199 e. The third kappa shape index (κ3) is 3.64. The number of hydrogen-bond acceptors (Lipinski definition) is 3. The lowest BCUT2D eigenvalue weighted by Crippen LogP contribution is -2.07. The highest BCUT2D eigenvalue weighted by atomic mass is 79.9. The standard InChI is InChI=1S/C26H17BrN2O2/c27-21-14-12-20(13-15-21)26-23(29-17-7-16-28-29)22(24(30)18-8-3-1-4-9-18)25(31-26)19-10-5-2-6-11-19/h1-17H. The summed E-state index contributed by atoms with van der Waals surface area (Å²) in [5.41, 5.74) is 3.40. The monoisotopic (exact) mass is 468 g/mol. The second-order valence-electron chi connectivity index (χ2n) is 7.00. The molecule has 0 saturated heterocycles. The van der Waals surface area contributed by atoms with E-state index in [9.17, 15) is 4.79 Å². The SMILES string of the molecule is O=C(c1ccccc1)c1c(-c2ccccc2)oc(-c2ccc(Br)cc2)c1-n1cccn1. The first kappa shape index (κ1) is 19.3. The Kier molecular flexibility index (Phi) is 5.10. The molecule has 150 valence electrons. The molecule has 0 bridgehead atoms. The van der Waals surface area contributed by atoms with Crippen LogP contribution in [0, 0.1) is 0 Å². The molecule has 5 rings (SSSR count). The molecule has 0 aliphatic carbocycles. The van der Waals surface area contributed by atoms with Crippen LogP contribution < -0.4 is 0 Å². The van der Waals surface area contributed by atoms with Crippen LogP contribution >= 0.6 is 15.9 Å². The van der Waals surface area contributed by atoms with E-state index < -0.39 is 0 Å². The van der Waals surface area contributed by atoms with E-state index >= 15 is 0 Å². The van der Waals surface area contributed by atoms with Gasteiger partial charge in [0.2, 0.25) is 0 Å². The second-order valence-corrected chi connectivity index (χ2v) is 7.92. The van der Waals surface area contributed by atoms with Gasteiger partial charge in [-0.15, -0.1) is 0 Å². The van der Waals surface area contributed by atoms with Crippen LogP contribution in [0.3, 0.4) is 0 Å². The number of carbonyl (C=O) groups excluding carboxylic acids is 1. The molecule has 5 aromatic rings. The van der Waals surface area contributed by atoms with Gasteiger partial charge in [0, 0.05) is 33.6 Å². The quantitative estimate of drug-likeness (QED) is 0.266. The normalized spacial score (nSPS) is 10.9. The lowest BCUT2D eigenvalue weighted by molar-refractivity contribution is 0.103. The summed E-state index contributed by atoms with van der Waals surface area (Å²) in [5, 5.41) is 4.43. The van der Waals surface area contributed by atoms with Crippen molar-refractivity contribution in [2.24, 2.45) is 0 Å². The summed E-state index contributed by atoms with van der Waals surface area (Å²) >= 11 is 3.48. The van der Waals surface area contributed by atoms with E-state index in [1.54, 1.807) is 10.9 Å². The van der Waals surface area contributed by atoms with Gasteiger partial charge in [0.15, 0.2) is 11.5 Å². The summed E-state index contributed by atoms with van der Waals surface area (Å²) < 4.78 is 9.09. The first-order valence-corrected chi connectivity index (χ1v) is 10.6. The van der Waals surface area contributed by atoms with Gasteiger partial charge in [0.05, 0.1) is 5.56 Å². The maximum absolute atomic E-state index is 13.7. The van der Waals surface area contributed by atoms with Crippen molar-refractivity contribution >= 4 is 21.7 Å². The summed E-state index contributed by atoms with van der Waals surface area (Å²) in [6.45, 7) is 0. The van der Waals surface area contributed by atoms with Crippen molar-refractivity contribution in [1.29, 1.82) is 0 Å². The van der Waals surface area contributed by atoms with Crippen LogP contribution in [-0.2, 0) is 0 Å². The molecule has 0 aliphatic heterocycles. The minimum absolute atomic E-state index is 0.114. The van der Waals surface area contributed by atoms with Gasteiger partial charge in [-0.2, -0.15) is 5.10 Å². The van der Waals surface area contributed by atoms with Crippen molar-refractivity contribution in [3.8, 4) is 28.3 Å². The summed E-state index contributed by atoms with van der Waals surface area (Å²) in [6.07, 6.45) is 3.51. The molecule has 3 aromatic carbocycles. The van der Waals surface area contributed by atoms with Gasteiger partial charge in [-0.3, -0.25) is 4.79 Å². The number of hydrogen-bond donors (Lipinski definition) is 0. The number of ketones is 1. The fourth-order valence-electron chi connectivity index (χ4n) is 3.58. The lowest BCUT2D eigenvalue weighted by atomic mass is 9.98. The topological polar surface area (TPSA) is 48.0 Å². The molecule has 0 radical (unpaired) electrons. The van der Waals surface area contributed by atoms with Gasteiger partial charge in [0.1, 0.15) is 11.4 Å². The molecule has 0 spiro atoms. The molecular weight excluding hydrogens is 452 g/mol. The molecule has 0 saturated carbocycles. The van der Waals surface area contributed by atoms with Gasteiger partial charge in [0.25, 0.3) is 0 Å². The zero-order valence-corrected chi connectivity index (χ0v) is 18.0. The third-order valence-electron chi connectivity index (χ3n) is 5.02. The largest absolute Gasteiger partial charge is 0.453 e.